The quantitative estimate of drug-likeness (QED) is 0.168. The van der Waals surface area contributed by atoms with Gasteiger partial charge in [-0.05, 0) is 148 Å². The van der Waals surface area contributed by atoms with Crippen LogP contribution >= 0.6 is 0 Å². The number of furan rings is 1. The lowest BCUT2D eigenvalue weighted by Gasteiger charge is -2.52. The second kappa shape index (κ2) is 14.3. The van der Waals surface area contributed by atoms with Crippen LogP contribution in [0.2, 0.25) is 0 Å². The fourth-order valence-corrected chi connectivity index (χ4v) is 13.1. The number of rotatable bonds is 3. The fraction of sp³-hybridized carbons (Fsp3) is 0.452. The minimum atomic E-state index is -0.0634. The van der Waals surface area contributed by atoms with Crippen molar-refractivity contribution in [3.63, 3.8) is 0 Å². The number of allylic oxidation sites excluding steroid dienone is 5. The van der Waals surface area contributed by atoms with Crippen LogP contribution in [-0.2, 0) is 16.2 Å². The summed E-state index contributed by atoms with van der Waals surface area (Å²) < 4.78 is 7.71. The van der Waals surface area contributed by atoms with E-state index in [1.165, 1.54) is 109 Å². The predicted octanol–water partition coefficient (Wildman–Crippen LogP) is 15.4. The maximum absolute atomic E-state index is 7.71. The van der Waals surface area contributed by atoms with Gasteiger partial charge in [-0.3, -0.25) is 0 Å². The highest BCUT2D eigenvalue weighted by Gasteiger charge is 2.53. The van der Waals surface area contributed by atoms with E-state index < -0.39 is 0 Å². The molecule has 6 aliphatic rings. The molecule has 2 unspecified atom stereocenters. The van der Waals surface area contributed by atoms with E-state index in [1.54, 1.807) is 11.1 Å². The molecule has 66 heavy (non-hydrogen) atoms. The molecule has 4 aliphatic carbocycles. The molecule has 0 bridgehead atoms. The van der Waals surface area contributed by atoms with E-state index in [9.17, 15) is 0 Å². The second-order valence-electron chi connectivity index (χ2n) is 25.3. The Hall–Kier alpha value is -4.96. The van der Waals surface area contributed by atoms with Crippen LogP contribution in [0.3, 0.4) is 0 Å². The Morgan fingerprint density at radius 2 is 1.35 bits per heavy atom. The molecule has 0 amide bonds. The molecule has 2 aliphatic heterocycles. The van der Waals surface area contributed by atoms with Gasteiger partial charge in [0, 0.05) is 33.9 Å². The Balaban J connectivity index is 1.25. The molecule has 0 N–H and O–H groups in total. The lowest BCUT2D eigenvalue weighted by molar-refractivity contribution is 0.256. The molecule has 340 valence electrons. The molecule has 1 aromatic heterocycles. The summed E-state index contributed by atoms with van der Waals surface area (Å²) in [6.07, 6.45) is 13.6. The molecule has 3 atom stereocenters. The molecule has 0 saturated carbocycles. The van der Waals surface area contributed by atoms with Crippen molar-refractivity contribution in [2.24, 2.45) is 22.7 Å². The number of benzene rings is 4. The monoisotopic (exact) mass is 873 g/mol. The minimum absolute atomic E-state index is 0.0372. The van der Waals surface area contributed by atoms with Crippen molar-refractivity contribution in [2.75, 3.05) is 9.80 Å². The first kappa shape index (κ1) is 43.6. The Morgan fingerprint density at radius 3 is 2.05 bits per heavy atom. The van der Waals surface area contributed by atoms with Crippen LogP contribution in [0.15, 0.2) is 123 Å². The SMILES string of the molecule is Cc1ccc(-c2ccc(C)cc2N2C3=C4B(c5cc(C(C)(C)C)ccc52)c2oc5cc6c(cc5c2N(C2C=CC5=C(C2)C(C)(C)CCC5(C)C)C4=CC(C)[C@H]3C)C(C)(C)CCC6(C)C)cc1. The van der Waals surface area contributed by atoms with Gasteiger partial charge in [0.25, 0.3) is 6.71 Å². The molecule has 11 rings (SSSR count). The van der Waals surface area contributed by atoms with Crippen LogP contribution in [0.25, 0.3) is 22.1 Å². The molecule has 5 aromatic rings. The average molecular weight is 873 g/mol. The van der Waals surface area contributed by atoms with Gasteiger partial charge in [0.15, 0.2) is 0 Å². The standard InChI is InChI=1S/C62H73BN2O/c1-36-16-19-40(20-17-36)43-23-18-37(2)30-51(43)65-50-25-21-41(58(5,6)7)32-49(50)63-54-52(31-38(3)39(4)55(54)65)64(42-22-24-45-46(33-42)60(10,11)27-26-59(45,8)9)56-44-34-47-48(35-53(44)66-57(56)63)62(14,15)29-28-61(47,12)13/h16-25,30-32,34-35,38-39,42H,26-29,33H2,1-15H3/t38?,39-,42?/m1/s1. The lowest BCUT2D eigenvalue weighted by Crippen LogP contribution is -2.60. The van der Waals surface area contributed by atoms with E-state index >= 15 is 0 Å². The number of anilines is 3. The van der Waals surface area contributed by atoms with Crippen molar-refractivity contribution in [1.82, 2.24) is 0 Å². The van der Waals surface area contributed by atoms with Crippen LogP contribution in [0.4, 0.5) is 17.1 Å². The van der Waals surface area contributed by atoms with Gasteiger partial charge in [-0.15, -0.1) is 0 Å². The zero-order valence-corrected chi connectivity index (χ0v) is 42.8. The molecule has 3 heterocycles. The maximum atomic E-state index is 7.71. The van der Waals surface area contributed by atoms with E-state index in [1.807, 2.05) is 0 Å². The summed E-state index contributed by atoms with van der Waals surface area (Å²) in [5.74, 6) is 0.552. The topological polar surface area (TPSA) is 19.6 Å². The van der Waals surface area contributed by atoms with Crippen LogP contribution < -0.4 is 20.9 Å². The summed E-state index contributed by atoms with van der Waals surface area (Å²) >= 11 is 0. The zero-order chi connectivity index (χ0) is 46.8. The first-order valence-corrected chi connectivity index (χ1v) is 25.4. The van der Waals surface area contributed by atoms with E-state index in [2.05, 4.69) is 205 Å². The predicted molar refractivity (Wildman–Crippen MR) is 282 cm³/mol. The molecular formula is C62H73BN2O. The van der Waals surface area contributed by atoms with Crippen LogP contribution in [0.1, 0.15) is 150 Å². The lowest BCUT2D eigenvalue weighted by atomic mass is 9.33. The number of fused-ring (bicyclic) bond motifs is 7. The summed E-state index contributed by atoms with van der Waals surface area (Å²) in [4.78, 5) is 5.53. The van der Waals surface area contributed by atoms with E-state index in [0.717, 1.165) is 17.7 Å². The highest BCUT2D eigenvalue weighted by atomic mass is 16.3. The van der Waals surface area contributed by atoms with Gasteiger partial charge in [0.2, 0.25) is 0 Å². The van der Waals surface area contributed by atoms with E-state index in [-0.39, 0.29) is 45.7 Å². The van der Waals surface area contributed by atoms with E-state index in [0.29, 0.717) is 5.92 Å². The third-order valence-corrected chi connectivity index (χ3v) is 17.8. The summed E-state index contributed by atoms with van der Waals surface area (Å²) in [5.41, 5.74) is 24.5. The Kier molecular flexibility index (Phi) is 9.44. The smallest absolute Gasteiger partial charge is 0.296 e. The third-order valence-electron chi connectivity index (χ3n) is 17.8. The molecular weight excluding hydrogens is 800 g/mol. The number of hydrogen-bond acceptors (Lipinski definition) is 3. The van der Waals surface area contributed by atoms with Gasteiger partial charge in [-0.25, -0.2) is 0 Å². The van der Waals surface area contributed by atoms with Crippen molar-refractivity contribution < 1.29 is 4.42 Å². The van der Waals surface area contributed by atoms with Crippen molar-refractivity contribution in [1.29, 1.82) is 0 Å². The van der Waals surface area contributed by atoms with Gasteiger partial charge in [0.1, 0.15) is 5.58 Å². The highest BCUT2D eigenvalue weighted by molar-refractivity contribution is 6.94. The van der Waals surface area contributed by atoms with Crippen LogP contribution in [0, 0.1) is 36.5 Å². The first-order chi connectivity index (χ1) is 31.0. The molecule has 3 nitrogen and oxygen atoms in total. The van der Waals surface area contributed by atoms with Gasteiger partial charge in [0.05, 0.1) is 23.1 Å². The number of hydrogen-bond donors (Lipinski definition) is 0. The highest BCUT2D eigenvalue weighted by Crippen LogP contribution is 2.57. The first-order valence-electron chi connectivity index (χ1n) is 25.4. The number of nitrogens with zero attached hydrogens (tertiary/aromatic N) is 2. The summed E-state index contributed by atoms with van der Waals surface area (Å²) in [7, 11) is 0. The fourth-order valence-electron chi connectivity index (χ4n) is 13.1. The largest absolute Gasteiger partial charge is 0.468 e. The number of aryl methyl sites for hydroxylation is 2. The minimum Gasteiger partial charge on any atom is -0.468 e. The molecule has 4 heteroatoms. The summed E-state index contributed by atoms with van der Waals surface area (Å²) in [6.45, 7) is 36.2. The molecule has 0 saturated heterocycles. The molecule has 0 radical (unpaired) electrons. The van der Waals surface area contributed by atoms with Gasteiger partial charge >= 0.3 is 0 Å². The molecule has 4 aromatic carbocycles. The van der Waals surface area contributed by atoms with Crippen LogP contribution in [-0.4, -0.2) is 12.8 Å². The van der Waals surface area contributed by atoms with Crippen molar-refractivity contribution in [3.05, 3.63) is 147 Å². The van der Waals surface area contributed by atoms with Crippen molar-refractivity contribution in [2.45, 2.75) is 158 Å². The second-order valence-corrected chi connectivity index (χ2v) is 25.3. The van der Waals surface area contributed by atoms with Gasteiger partial charge in [-0.2, -0.15) is 0 Å². The molecule has 0 spiro atoms. The Bertz CT molecular complexity index is 3010. The van der Waals surface area contributed by atoms with Gasteiger partial charge in [-0.1, -0.05) is 168 Å². The van der Waals surface area contributed by atoms with Crippen LogP contribution in [0.5, 0.6) is 0 Å². The average Bonchev–Trinajstić information content (AvgIpc) is 3.63. The zero-order valence-electron chi connectivity index (χ0n) is 42.8. The van der Waals surface area contributed by atoms with Gasteiger partial charge < -0.3 is 14.2 Å². The van der Waals surface area contributed by atoms with Crippen molar-refractivity contribution >= 4 is 45.9 Å². The third kappa shape index (κ3) is 6.42. The van der Waals surface area contributed by atoms with Crippen molar-refractivity contribution in [3.8, 4) is 11.1 Å². The normalized spacial score (nSPS) is 24.4. The Labute approximate surface area is 397 Å². The molecule has 0 fully saturated rings. The van der Waals surface area contributed by atoms with E-state index in [4.69, 9.17) is 4.42 Å². The summed E-state index contributed by atoms with van der Waals surface area (Å²) in [6, 6.07) is 28.9. The Morgan fingerprint density at radius 1 is 0.697 bits per heavy atom. The maximum Gasteiger partial charge on any atom is 0.296 e. The summed E-state index contributed by atoms with van der Waals surface area (Å²) in [5, 5.41) is 1.27.